The van der Waals surface area contributed by atoms with E-state index in [1.807, 2.05) is 11.9 Å². The van der Waals surface area contributed by atoms with E-state index in [2.05, 4.69) is 20.2 Å². The number of aromatic nitrogens is 2. The number of amides is 2. The summed E-state index contributed by atoms with van der Waals surface area (Å²) in [6.07, 6.45) is 8.34. The molecule has 0 aliphatic carbocycles. The van der Waals surface area contributed by atoms with E-state index in [0.29, 0.717) is 16.5 Å². The Bertz CT molecular complexity index is 673. The second-order valence-electron chi connectivity index (χ2n) is 6.31. The van der Waals surface area contributed by atoms with E-state index in [9.17, 15) is 9.59 Å². The summed E-state index contributed by atoms with van der Waals surface area (Å²) < 4.78 is 0. The first-order valence-corrected chi connectivity index (χ1v) is 9.45. The number of piperidine rings is 1. The van der Waals surface area contributed by atoms with Gasteiger partial charge in [0.15, 0.2) is 0 Å². The molecule has 2 fully saturated rings. The Morgan fingerprint density at radius 2 is 2.12 bits per heavy atom. The second kappa shape index (κ2) is 8.44. The lowest BCUT2D eigenvalue weighted by Gasteiger charge is -2.27. The monoisotopic (exact) mass is 361 g/mol. The highest BCUT2D eigenvalue weighted by atomic mass is 32.2. The van der Waals surface area contributed by atoms with Gasteiger partial charge in [0, 0.05) is 19.8 Å². The Morgan fingerprint density at radius 1 is 1.32 bits per heavy atom. The molecule has 8 heteroatoms. The highest BCUT2D eigenvalue weighted by molar-refractivity contribution is 8.18. The summed E-state index contributed by atoms with van der Waals surface area (Å²) in [5.41, 5.74) is 0.625. The molecule has 3 rings (SSSR count). The normalized spacial score (nSPS) is 20.1. The molecule has 3 heterocycles. The quantitative estimate of drug-likeness (QED) is 0.778. The zero-order chi connectivity index (χ0) is 17.6. The van der Waals surface area contributed by atoms with Crippen molar-refractivity contribution in [1.82, 2.24) is 20.2 Å². The molecular weight excluding hydrogens is 338 g/mol. The van der Waals surface area contributed by atoms with E-state index in [0.717, 1.165) is 31.3 Å². The molecule has 2 aliphatic heterocycles. The minimum absolute atomic E-state index is 0.347. The van der Waals surface area contributed by atoms with Crippen molar-refractivity contribution >= 4 is 34.9 Å². The number of carbonyl (C=O) groups excluding carboxylic acids is 2. The summed E-state index contributed by atoms with van der Waals surface area (Å²) in [5.74, 6) is 0.257. The number of imide groups is 1. The van der Waals surface area contributed by atoms with E-state index >= 15 is 0 Å². The lowest BCUT2D eigenvalue weighted by atomic mass is 10.1. The average Bonchev–Trinajstić information content (AvgIpc) is 2.93. The van der Waals surface area contributed by atoms with Crippen molar-refractivity contribution in [3.63, 3.8) is 0 Å². The molecule has 7 nitrogen and oxygen atoms in total. The molecule has 0 aromatic carbocycles. The molecule has 1 N–H and O–H groups in total. The van der Waals surface area contributed by atoms with Crippen LogP contribution in [0.1, 0.15) is 31.4 Å². The summed E-state index contributed by atoms with van der Waals surface area (Å²) in [6.45, 7) is 4.40. The molecule has 1 aromatic rings. The number of nitrogens with one attached hydrogen (secondary N) is 1. The zero-order valence-electron chi connectivity index (χ0n) is 14.4. The van der Waals surface area contributed by atoms with Crippen LogP contribution in [0, 0.1) is 0 Å². The second-order valence-corrected chi connectivity index (χ2v) is 7.33. The minimum atomic E-state index is -0.370. The van der Waals surface area contributed by atoms with E-state index < -0.39 is 0 Å². The molecule has 0 unspecified atom stereocenters. The van der Waals surface area contributed by atoms with Gasteiger partial charge < -0.3 is 9.80 Å². The first-order chi connectivity index (χ1) is 12.1. The van der Waals surface area contributed by atoms with E-state index in [4.69, 9.17) is 0 Å². The third kappa shape index (κ3) is 5.02. The smallest absolute Gasteiger partial charge is 0.290 e. The largest absolute Gasteiger partial charge is 0.344 e. The maximum atomic E-state index is 11.6. The Labute approximate surface area is 151 Å². The standard InChI is InChI=1S/C17H23N5O2S/c1-21(8-5-11-22-9-3-2-4-10-22)16-18-7-6-13(19-16)12-14-15(23)20-17(24)25-14/h6-7,12H,2-5,8-11H2,1H3,(H,20,23,24)/b14-12-. The molecule has 2 amide bonds. The van der Waals surface area contributed by atoms with Crippen LogP contribution in [0.3, 0.4) is 0 Å². The van der Waals surface area contributed by atoms with Gasteiger partial charge in [0.2, 0.25) is 5.95 Å². The number of anilines is 1. The molecule has 134 valence electrons. The molecule has 0 spiro atoms. The van der Waals surface area contributed by atoms with E-state index in [1.165, 1.54) is 32.4 Å². The first kappa shape index (κ1) is 17.9. The van der Waals surface area contributed by atoms with Gasteiger partial charge in [-0.15, -0.1) is 0 Å². The SMILES string of the molecule is CN(CCCN1CCCCC1)c1nccc(/C=C2\SC(=O)NC2=O)n1. The summed E-state index contributed by atoms with van der Waals surface area (Å²) in [4.78, 5) is 36.5. The average molecular weight is 361 g/mol. The van der Waals surface area contributed by atoms with E-state index in [1.54, 1.807) is 18.3 Å². The molecule has 0 atom stereocenters. The van der Waals surface area contributed by atoms with Crippen LogP contribution in [-0.2, 0) is 4.79 Å². The predicted molar refractivity (Wildman–Crippen MR) is 99.3 cm³/mol. The molecule has 2 saturated heterocycles. The number of likely N-dealkylation sites (tertiary alicyclic amines) is 1. The summed E-state index contributed by atoms with van der Waals surface area (Å²) in [7, 11) is 1.98. The topological polar surface area (TPSA) is 78.4 Å². The number of thioether (sulfide) groups is 1. The maximum Gasteiger partial charge on any atom is 0.290 e. The van der Waals surface area contributed by atoms with Crippen molar-refractivity contribution in [2.24, 2.45) is 0 Å². The van der Waals surface area contributed by atoms with Crippen LogP contribution >= 0.6 is 11.8 Å². The number of hydrogen-bond acceptors (Lipinski definition) is 7. The molecule has 0 bridgehead atoms. The number of carbonyl (C=O) groups is 2. The van der Waals surface area contributed by atoms with Gasteiger partial charge >= 0.3 is 0 Å². The van der Waals surface area contributed by atoms with Gasteiger partial charge in [0.25, 0.3) is 11.1 Å². The Balaban J connectivity index is 1.56. The summed E-state index contributed by atoms with van der Waals surface area (Å²) in [6, 6.07) is 1.73. The number of nitrogens with zero attached hydrogens (tertiary/aromatic N) is 4. The number of hydrogen-bond donors (Lipinski definition) is 1. The Hall–Kier alpha value is -1.93. The van der Waals surface area contributed by atoms with Gasteiger partial charge in [0.1, 0.15) is 0 Å². The van der Waals surface area contributed by atoms with Gasteiger partial charge in [-0.1, -0.05) is 6.42 Å². The van der Waals surface area contributed by atoms with Crippen molar-refractivity contribution in [3.05, 3.63) is 22.9 Å². The van der Waals surface area contributed by atoms with Crippen LogP contribution in [-0.4, -0.2) is 59.2 Å². The van der Waals surface area contributed by atoms with Crippen LogP contribution in [0.15, 0.2) is 17.2 Å². The lowest BCUT2D eigenvalue weighted by Crippen LogP contribution is -2.32. The molecule has 25 heavy (non-hydrogen) atoms. The lowest BCUT2D eigenvalue weighted by molar-refractivity contribution is -0.115. The third-order valence-electron chi connectivity index (χ3n) is 4.34. The van der Waals surface area contributed by atoms with Crippen molar-refractivity contribution in [2.45, 2.75) is 25.7 Å². The van der Waals surface area contributed by atoms with Crippen molar-refractivity contribution in [1.29, 1.82) is 0 Å². The van der Waals surface area contributed by atoms with Crippen LogP contribution in [0.25, 0.3) is 6.08 Å². The van der Waals surface area contributed by atoms with Gasteiger partial charge in [-0.05, 0) is 62.8 Å². The molecule has 0 radical (unpaired) electrons. The van der Waals surface area contributed by atoms with Crippen LogP contribution in [0.5, 0.6) is 0 Å². The summed E-state index contributed by atoms with van der Waals surface area (Å²) in [5, 5.41) is 1.89. The fraction of sp³-hybridized carbons (Fsp3) is 0.529. The zero-order valence-corrected chi connectivity index (χ0v) is 15.2. The molecule has 1 aromatic heterocycles. The fourth-order valence-electron chi connectivity index (χ4n) is 3.00. The van der Waals surface area contributed by atoms with Gasteiger partial charge in [-0.3, -0.25) is 14.9 Å². The highest BCUT2D eigenvalue weighted by Crippen LogP contribution is 2.25. The first-order valence-electron chi connectivity index (χ1n) is 8.63. The van der Waals surface area contributed by atoms with Crippen LogP contribution < -0.4 is 10.2 Å². The van der Waals surface area contributed by atoms with Crippen molar-refractivity contribution in [2.75, 3.05) is 38.1 Å². The van der Waals surface area contributed by atoms with Gasteiger partial charge in [-0.2, -0.15) is 0 Å². The van der Waals surface area contributed by atoms with Gasteiger partial charge in [0.05, 0.1) is 10.6 Å². The Kier molecular flexibility index (Phi) is 6.04. The molecule has 0 saturated carbocycles. The van der Waals surface area contributed by atoms with Gasteiger partial charge in [-0.25, -0.2) is 9.97 Å². The predicted octanol–water partition coefficient (Wildman–Crippen LogP) is 2.11. The van der Waals surface area contributed by atoms with Crippen molar-refractivity contribution < 1.29 is 9.59 Å². The van der Waals surface area contributed by atoms with Crippen LogP contribution in [0.4, 0.5) is 10.7 Å². The summed E-state index contributed by atoms with van der Waals surface area (Å²) >= 11 is 0.894. The molecule has 2 aliphatic rings. The third-order valence-corrected chi connectivity index (χ3v) is 5.15. The minimum Gasteiger partial charge on any atom is -0.344 e. The highest BCUT2D eigenvalue weighted by Gasteiger charge is 2.25. The van der Waals surface area contributed by atoms with E-state index in [-0.39, 0.29) is 11.1 Å². The van der Waals surface area contributed by atoms with Crippen molar-refractivity contribution in [3.8, 4) is 0 Å². The van der Waals surface area contributed by atoms with Crippen LogP contribution in [0.2, 0.25) is 0 Å². The fourth-order valence-corrected chi connectivity index (χ4v) is 3.66. The Morgan fingerprint density at radius 3 is 2.84 bits per heavy atom. The molecular formula is C17H23N5O2S. The number of rotatable bonds is 6. The maximum absolute atomic E-state index is 11.6.